The van der Waals surface area contributed by atoms with Crippen molar-refractivity contribution in [3.8, 4) is 5.75 Å². The van der Waals surface area contributed by atoms with Crippen LogP contribution in [-0.2, 0) is 27.2 Å². The van der Waals surface area contributed by atoms with E-state index >= 15 is 0 Å². The molecule has 3 N–H and O–H groups in total. The van der Waals surface area contributed by atoms with Gasteiger partial charge in [-0.3, -0.25) is 14.4 Å². The van der Waals surface area contributed by atoms with Gasteiger partial charge in [-0.25, -0.2) is 0 Å². The van der Waals surface area contributed by atoms with Crippen molar-refractivity contribution in [2.45, 2.75) is 166 Å². The van der Waals surface area contributed by atoms with Gasteiger partial charge in [0.05, 0.1) is 12.1 Å². The summed E-state index contributed by atoms with van der Waals surface area (Å²) < 4.78 is 5.14. The lowest BCUT2D eigenvalue weighted by atomic mass is 9.70. The topological polar surface area (TPSA) is 96.5 Å². The van der Waals surface area contributed by atoms with E-state index in [1.165, 1.54) is 67.2 Å². The molecule has 0 heterocycles. The van der Waals surface area contributed by atoms with Crippen molar-refractivity contribution in [1.29, 1.82) is 0 Å². The molecule has 0 bridgehead atoms. The molecule has 0 aromatic heterocycles. The van der Waals surface area contributed by atoms with Gasteiger partial charge < -0.3 is 20.7 Å². The lowest BCUT2D eigenvalue weighted by molar-refractivity contribution is -0.124. The number of carbonyl (C=O) groups is 3. The van der Waals surface area contributed by atoms with Gasteiger partial charge in [-0.05, 0) is 189 Å². The number of amides is 3. The summed E-state index contributed by atoms with van der Waals surface area (Å²) in [6.07, 6.45) is 13.9. The average molecular weight is 939 g/mol. The summed E-state index contributed by atoms with van der Waals surface area (Å²) in [5.41, 5.74) is 8.17. The van der Waals surface area contributed by atoms with E-state index in [1.807, 2.05) is 6.07 Å². The maximum Gasteiger partial charge on any atom is 0.227 e. The molecule has 4 aliphatic carbocycles. The summed E-state index contributed by atoms with van der Waals surface area (Å²) >= 11 is 6.12. The fourth-order valence-corrected chi connectivity index (χ4v) is 12.3. The molecule has 0 unspecified atom stereocenters. The fraction of sp³-hybridized carbons (Fsp3) is 0.644. The van der Waals surface area contributed by atoms with Crippen LogP contribution in [-0.4, -0.2) is 24.8 Å². The zero-order valence-electron chi connectivity index (χ0n) is 43.7. The Hall–Kier alpha value is -3.84. The van der Waals surface area contributed by atoms with Crippen LogP contribution in [0.5, 0.6) is 5.75 Å². The van der Waals surface area contributed by atoms with E-state index in [2.05, 4.69) is 135 Å². The minimum Gasteiger partial charge on any atom is -0.495 e. The van der Waals surface area contributed by atoms with Crippen LogP contribution < -0.4 is 20.7 Å². The number of hydrogen-bond acceptors (Lipinski definition) is 4. The number of nitrogens with one attached hydrogen (secondary N) is 3. The van der Waals surface area contributed by atoms with Crippen LogP contribution in [0.1, 0.15) is 169 Å². The number of fused-ring (bicyclic) bond motifs is 1. The molecule has 0 radical (unpaired) electrons. The molecular formula is C59H88ClN3O4. The predicted molar refractivity (Wildman–Crippen MR) is 282 cm³/mol. The van der Waals surface area contributed by atoms with E-state index in [0.717, 1.165) is 49.2 Å². The summed E-state index contributed by atoms with van der Waals surface area (Å²) in [5.74, 6) is 7.27. The number of ether oxygens (including phenoxy) is 1. The minimum atomic E-state index is 0.0876. The highest BCUT2D eigenvalue weighted by Gasteiger charge is 2.38. The first kappa shape index (κ1) is 54.1. The molecule has 67 heavy (non-hydrogen) atoms. The van der Waals surface area contributed by atoms with Crippen LogP contribution in [0.4, 0.5) is 17.1 Å². The van der Waals surface area contributed by atoms with Crippen molar-refractivity contribution in [3.63, 3.8) is 0 Å². The van der Waals surface area contributed by atoms with Gasteiger partial charge >= 0.3 is 0 Å². The Morgan fingerprint density at radius 3 is 1.36 bits per heavy atom. The third kappa shape index (κ3) is 15.1. The number of hydrogen-bond donors (Lipinski definition) is 3. The van der Waals surface area contributed by atoms with Crippen molar-refractivity contribution in [2.24, 2.45) is 71.0 Å². The third-order valence-electron chi connectivity index (χ3n) is 16.0. The maximum absolute atomic E-state index is 12.8. The smallest absolute Gasteiger partial charge is 0.227 e. The SMILES string of the molecule is CC(C)[C@@H]1CC[C@@H](C)C[C@H]1C(=O)Nc1ccc2c(c1)CCC2.COc1ccc(NC(=O)[C@@H]2C[C@H](C)CC[C@H]2C(C)C)cc1Cl.Cc1cc(NC(=O)[C@@H]2C[C@H](C)CC[C@H]2C(C)C)ccc1C(C)C. The molecule has 3 aromatic carbocycles. The first-order chi connectivity index (χ1) is 31.8. The number of rotatable bonds is 11. The predicted octanol–water partition coefficient (Wildman–Crippen LogP) is 15.6. The molecule has 8 heteroatoms. The van der Waals surface area contributed by atoms with E-state index in [0.29, 0.717) is 70.0 Å². The van der Waals surface area contributed by atoms with E-state index < -0.39 is 0 Å². The van der Waals surface area contributed by atoms with Gasteiger partial charge in [0.15, 0.2) is 0 Å². The van der Waals surface area contributed by atoms with E-state index in [-0.39, 0.29) is 35.5 Å². The molecule has 3 saturated carbocycles. The molecule has 370 valence electrons. The van der Waals surface area contributed by atoms with Crippen molar-refractivity contribution >= 4 is 46.4 Å². The summed E-state index contributed by atoms with van der Waals surface area (Å²) in [5, 5.41) is 9.93. The van der Waals surface area contributed by atoms with Gasteiger partial charge in [-0.15, -0.1) is 0 Å². The second-order valence-corrected chi connectivity index (χ2v) is 23.1. The lowest BCUT2D eigenvalue weighted by Gasteiger charge is -2.36. The fourth-order valence-electron chi connectivity index (χ4n) is 12.0. The number of anilines is 3. The van der Waals surface area contributed by atoms with Gasteiger partial charge in [-0.2, -0.15) is 0 Å². The van der Waals surface area contributed by atoms with Crippen molar-refractivity contribution in [1.82, 2.24) is 0 Å². The molecule has 0 saturated heterocycles. The molecule has 7 nitrogen and oxygen atoms in total. The highest BCUT2D eigenvalue weighted by Crippen LogP contribution is 2.41. The van der Waals surface area contributed by atoms with Crippen molar-refractivity contribution in [2.75, 3.05) is 23.1 Å². The maximum atomic E-state index is 12.8. The Kier molecular flexibility index (Phi) is 20.3. The van der Waals surface area contributed by atoms with Gasteiger partial charge in [-0.1, -0.05) is 119 Å². The van der Waals surface area contributed by atoms with Crippen LogP contribution in [0.3, 0.4) is 0 Å². The molecule has 3 fully saturated rings. The summed E-state index contributed by atoms with van der Waals surface area (Å²) in [6, 6.07) is 18.1. The Balaban J connectivity index is 0.000000188. The molecule has 4 aliphatic rings. The zero-order valence-corrected chi connectivity index (χ0v) is 44.5. The van der Waals surface area contributed by atoms with Crippen LogP contribution in [0, 0.1) is 77.9 Å². The number of carbonyl (C=O) groups excluding carboxylic acids is 3. The third-order valence-corrected chi connectivity index (χ3v) is 16.3. The Bertz CT molecular complexity index is 2090. The molecular weight excluding hydrogens is 850 g/mol. The van der Waals surface area contributed by atoms with E-state index in [1.54, 1.807) is 19.2 Å². The number of halogens is 1. The van der Waals surface area contributed by atoms with Crippen molar-refractivity contribution < 1.29 is 19.1 Å². The van der Waals surface area contributed by atoms with Crippen LogP contribution in [0.15, 0.2) is 54.6 Å². The van der Waals surface area contributed by atoms with Gasteiger partial charge in [0.25, 0.3) is 0 Å². The van der Waals surface area contributed by atoms with Gasteiger partial charge in [0.1, 0.15) is 5.75 Å². The van der Waals surface area contributed by atoms with Gasteiger partial charge in [0.2, 0.25) is 17.7 Å². The monoisotopic (exact) mass is 938 g/mol. The lowest BCUT2D eigenvalue weighted by Crippen LogP contribution is -2.36. The second-order valence-electron chi connectivity index (χ2n) is 22.7. The first-order valence-corrected chi connectivity index (χ1v) is 26.6. The normalized spacial score (nSPS) is 25.9. The van der Waals surface area contributed by atoms with Crippen LogP contribution in [0.2, 0.25) is 5.02 Å². The highest BCUT2D eigenvalue weighted by molar-refractivity contribution is 6.32. The van der Waals surface area contributed by atoms with E-state index in [9.17, 15) is 14.4 Å². The molecule has 3 amide bonds. The summed E-state index contributed by atoms with van der Waals surface area (Å²) in [6.45, 7) is 26.8. The Morgan fingerprint density at radius 1 is 0.552 bits per heavy atom. The zero-order chi connectivity index (χ0) is 49.1. The van der Waals surface area contributed by atoms with E-state index in [4.69, 9.17) is 16.3 Å². The summed E-state index contributed by atoms with van der Waals surface area (Å²) in [4.78, 5) is 38.4. The number of benzene rings is 3. The molecule has 9 atom stereocenters. The Labute approximate surface area is 411 Å². The first-order valence-electron chi connectivity index (χ1n) is 26.2. The second kappa shape index (κ2) is 25.1. The molecule has 0 aliphatic heterocycles. The number of aryl methyl sites for hydroxylation is 3. The molecule has 3 aromatic rings. The summed E-state index contributed by atoms with van der Waals surface area (Å²) in [7, 11) is 1.58. The molecule has 0 spiro atoms. The number of methoxy groups -OCH3 is 1. The van der Waals surface area contributed by atoms with Gasteiger partial charge in [0, 0.05) is 34.8 Å². The Morgan fingerprint density at radius 2 is 0.955 bits per heavy atom. The minimum absolute atomic E-state index is 0.0876. The van der Waals surface area contributed by atoms with Crippen LogP contribution >= 0.6 is 11.6 Å². The quantitative estimate of drug-likeness (QED) is 0.178. The standard InChI is InChI=1S/C21H33NO.C20H29NO.C18H26ClNO2/c1-13(2)18-10-8-17(12-16(18)6)22-21(23)20-11-15(5)7-9-19(20)14(3)4;1-13(2)18-10-7-14(3)11-19(18)20(22)21-17-9-8-15-5-4-6-16(15)12-17;1-11(2)14-7-5-12(3)9-15(14)18(21)20-13-6-8-17(22-4)16(19)10-13/h8,10,12-15,19-20H,7,9,11H2,1-6H3,(H,22,23);8-9,12-14,18-19H,4-7,10-11H2,1-3H3,(H,21,22);6,8,10-12,14-15H,5,7,9H2,1-4H3,(H,20,21)/t15-,19+,20-;14-,18+,19-;12-,14+,15-/m111/s1. The highest BCUT2D eigenvalue weighted by atomic mass is 35.5. The van der Waals surface area contributed by atoms with Crippen molar-refractivity contribution in [3.05, 3.63) is 81.9 Å². The average Bonchev–Trinajstić information content (AvgIpc) is 3.74. The van der Waals surface area contributed by atoms with Crippen LogP contribution in [0.25, 0.3) is 0 Å². The molecule has 7 rings (SSSR count). The largest absolute Gasteiger partial charge is 0.495 e.